The highest BCUT2D eigenvalue weighted by molar-refractivity contribution is 7.19. The Morgan fingerprint density at radius 3 is 3.08 bits per heavy atom. The Morgan fingerprint density at radius 2 is 2.38 bits per heavy atom. The number of carbonyl (C=O) groups is 1. The molecule has 2 heterocycles. The molecule has 0 aliphatic heterocycles. The number of fused-ring (bicyclic) bond motifs is 1. The van der Waals surface area contributed by atoms with Gasteiger partial charge in [-0.1, -0.05) is 22.9 Å². The molecule has 0 bridgehead atoms. The minimum atomic E-state index is -0.542. The normalized spacial score (nSPS) is 10.5. The number of thiazole rings is 1. The van der Waals surface area contributed by atoms with E-state index in [1.807, 2.05) is 0 Å². The number of rotatable bonds is 1. The molecule has 0 spiro atoms. The molecule has 2 aromatic rings. The predicted molar refractivity (Wildman–Crippen MR) is 50.9 cm³/mol. The summed E-state index contributed by atoms with van der Waals surface area (Å²) in [4.78, 5) is 19.4. The van der Waals surface area contributed by atoms with Gasteiger partial charge in [-0.05, 0) is 6.07 Å². The number of carbonyl (C=O) groups excluding carboxylic acids is 1. The average molecular weight is 214 g/mol. The van der Waals surface area contributed by atoms with Gasteiger partial charge < -0.3 is 5.73 Å². The number of hydrogen-bond acceptors (Lipinski definition) is 4. The van der Waals surface area contributed by atoms with Crippen molar-refractivity contribution in [3.8, 4) is 0 Å². The fraction of sp³-hybridized carbons (Fsp3) is 0. The summed E-state index contributed by atoms with van der Waals surface area (Å²) in [5.74, 6) is -0.542. The molecule has 2 rings (SSSR count). The standard InChI is InChI=1S/C7H4ClN3OS/c8-3-1-4-6(10-2-3)13-7(11-4)5(9)12/h1-2H,(H2,9,12). The molecular formula is C7H4ClN3OS. The van der Waals surface area contributed by atoms with E-state index in [0.717, 1.165) is 11.3 Å². The maximum Gasteiger partial charge on any atom is 0.277 e. The molecular weight excluding hydrogens is 210 g/mol. The van der Waals surface area contributed by atoms with E-state index in [9.17, 15) is 4.79 Å². The second kappa shape index (κ2) is 2.93. The molecule has 66 valence electrons. The molecule has 0 saturated carbocycles. The predicted octanol–water partition coefficient (Wildman–Crippen LogP) is 1.44. The Bertz CT molecular complexity index is 482. The Hall–Kier alpha value is -1.20. The molecule has 0 aromatic carbocycles. The first-order valence-corrected chi connectivity index (χ1v) is 4.58. The second-order valence-electron chi connectivity index (χ2n) is 2.36. The fourth-order valence-electron chi connectivity index (χ4n) is 0.904. The van der Waals surface area contributed by atoms with E-state index in [-0.39, 0.29) is 5.01 Å². The van der Waals surface area contributed by atoms with Crippen LogP contribution in [0.1, 0.15) is 9.80 Å². The third-order valence-corrected chi connectivity index (χ3v) is 2.63. The van der Waals surface area contributed by atoms with Gasteiger partial charge in [-0.15, -0.1) is 0 Å². The molecule has 0 fully saturated rings. The lowest BCUT2D eigenvalue weighted by Gasteiger charge is -1.85. The molecule has 2 aromatic heterocycles. The summed E-state index contributed by atoms with van der Waals surface area (Å²) in [5.41, 5.74) is 5.67. The molecule has 0 radical (unpaired) electrons. The average Bonchev–Trinajstić information content (AvgIpc) is 2.46. The number of hydrogen-bond donors (Lipinski definition) is 1. The van der Waals surface area contributed by atoms with Crippen molar-refractivity contribution in [1.82, 2.24) is 9.97 Å². The minimum Gasteiger partial charge on any atom is -0.364 e. The van der Waals surface area contributed by atoms with Crippen molar-refractivity contribution in [3.63, 3.8) is 0 Å². The zero-order valence-corrected chi connectivity index (χ0v) is 7.89. The van der Waals surface area contributed by atoms with E-state index in [1.54, 1.807) is 6.07 Å². The summed E-state index contributed by atoms with van der Waals surface area (Å²) in [6, 6.07) is 1.65. The molecule has 0 atom stereocenters. The van der Waals surface area contributed by atoms with Crippen molar-refractivity contribution in [2.24, 2.45) is 5.73 Å². The highest BCUT2D eigenvalue weighted by Crippen LogP contribution is 2.21. The van der Waals surface area contributed by atoms with Crippen molar-refractivity contribution in [1.29, 1.82) is 0 Å². The van der Waals surface area contributed by atoms with Gasteiger partial charge in [0.15, 0.2) is 5.01 Å². The summed E-state index contributed by atoms with van der Waals surface area (Å²) < 4.78 is 0. The van der Waals surface area contributed by atoms with Gasteiger partial charge in [-0.3, -0.25) is 4.79 Å². The highest BCUT2D eigenvalue weighted by Gasteiger charge is 2.09. The van der Waals surface area contributed by atoms with E-state index < -0.39 is 5.91 Å². The van der Waals surface area contributed by atoms with E-state index in [0.29, 0.717) is 15.4 Å². The lowest BCUT2D eigenvalue weighted by Crippen LogP contribution is -2.09. The van der Waals surface area contributed by atoms with Crippen LogP contribution >= 0.6 is 22.9 Å². The van der Waals surface area contributed by atoms with Crippen molar-refractivity contribution in [3.05, 3.63) is 22.3 Å². The van der Waals surface area contributed by atoms with Crippen molar-refractivity contribution in [2.75, 3.05) is 0 Å². The quantitative estimate of drug-likeness (QED) is 0.780. The Balaban J connectivity index is 2.68. The summed E-state index contributed by atoms with van der Waals surface area (Å²) in [6.07, 6.45) is 1.51. The van der Waals surface area contributed by atoms with Crippen LogP contribution in [0.25, 0.3) is 10.3 Å². The monoisotopic (exact) mass is 213 g/mol. The first kappa shape index (κ1) is 8.40. The molecule has 0 aliphatic rings. The van der Waals surface area contributed by atoms with Gasteiger partial charge >= 0.3 is 0 Å². The number of nitrogens with zero attached hydrogens (tertiary/aromatic N) is 2. The topological polar surface area (TPSA) is 68.9 Å². The zero-order chi connectivity index (χ0) is 9.42. The van der Waals surface area contributed by atoms with Crippen molar-refractivity contribution < 1.29 is 4.79 Å². The van der Waals surface area contributed by atoms with Crippen LogP contribution in [0.3, 0.4) is 0 Å². The maximum absolute atomic E-state index is 10.8. The van der Waals surface area contributed by atoms with Gasteiger partial charge in [0.25, 0.3) is 5.91 Å². The molecule has 0 saturated heterocycles. The van der Waals surface area contributed by atoms with Crippen molar-refractivity contribution >= 4 is 39.2 Å². The largest absolute Gasteiger partial charge is 0.364 e. The third kappa shape index (κ3) is 1.48. The number of amides is 1. The molecule has 0 unspecified atom stereocenters. The fourth-order valence-corrected chi connectivity index (χ4v) is 1.80. The van der Waals surface area contributed by atoms with Gasteiger partial charge in [-0.25, -0.2) is 9.97 Å². The van der Waals surface area contributed by atoms with E-state index >= 15 is 0 Å². The van der Waals surface area contributed by atoms with Crippen LogP contribution in [0.4, 0.5) is 0 Å². The van der Waals surface area contributed by atoms with Gasteiger partial charge in [0.2, 0.25) is 0 Å². The van der Waals surface area contributed by atoms with Gasteiger partial charge in [0, 0.05) is 6.20 Å². The van der Waals surface area contributed by atoms with E-state index in [4.69, 9.17) is 17.3 Å². The van der Waals surface area contributed by atoms with Crippen LogP contribution in [-0.2, 0) is 0 Å². The summed E-state index contributed by atoms with van der Waals surface area (Å²) >= 11 is 6.85. The van der Waals surface area contributed by atoms with Crippen LogP contribution in [0.5, 0.6) is 0 Å². The lowest BCUT2D eigenvalue weighted by molar-refractivity contribution is 0.1000. The van der Waals surface area contributed by atoms with Gasteiger partial charge in [0.1, 0.15) is 10.3 Å². The molecule has 1 amide bonds. The summed E-state index contributed by atoms with van der Waals surface area (Å²) in [5, 5.41) is 0.749. The van der Waals surface area contributed by atoms with Gasteiger partial charge in [0.05, 0.1) is 5.02 Å². The van der Waals surface area contributed by atoms with Crippen LogP contribution in [0.2, 0.25) is 5.02 Å². The number of pyridine rings is 1. The summed E-state index contributed by atoms with van der Waals surface area (Å²) in [7, 11) is 0. The molecule has 13 heavy (non-hydrogen) atoms. The van der Waals surface area contributed by atoms with Crippen molar-refractivity contribution in [2.45, 2.75) is 0 Å². The van der Waals surface area contributed by atoms with Crippen LogP contribution in [0.15, 0.2) is 12.3 Å². The number of primary amides is 1. The molecule has 0 aliphatic carbocycles. The second-order valence-corrected chi connectivity index (χ2v) is 3.78. The highest BCUT2D eigenvalue weighted by atomic mass is 35.5. The molecule has 2 N–H and O–H groups in total. The number of nitrogens with two attached hydrogens (primary N) is 1. The lowest BCUT2D eigenvalue weighted by atomic mass is 10.4. The Labute approximate surface area is 82.4 Å². The minimum absolute atomic E-state index is 0.254. The number of halogens is 1. The van der Waals surface area contributed by atoms with Crippen LogP contribution < -0.4 is 5.73 Å². The maximum atomic E-state index is 10.8. The van der Waals surface area contributed by atoms with E-state index in [2.05, 4.69) is 9.97 Å². The first-order chi connectivity index (χ1) is 6.16. The summed E-state index contributed by atoms with van der Waals surface area (Å²) in [6.45, 7) is 0. The SMILES string of the molecule is NC(=O)c1nc2cc(Cl)cnc2s1. The zero-order valence-electron chi connectivity index (χ0n) is 6.32. The molecule has 6 heteroatoms. The Kier molecular flexibility index (Phi) is 1.90. The van der Waals surface area contributed by atoms with E-state index in [1.165, 1.54) is 6.20 Å². The Morgan fingerprint density at radius 1 is 1.62 bits per heavy atom. The van der Waals surface area contributed by atoms with Crippen LogP contribution in [0, 0.1) is 0 Å². The number of aromatic nitrogens is 2. The van der Waals surface area contributed by atoms with Crippen LogP contribution in [-0.4, -0.2) is 15.9 Å². The molecule has 4 nitrogen and oxygen atoms in total. The van der Waals surface area contributed by atoms with Gasteiger partial charge in [-0.2, -0.15) is 0 Å². The smallest absolute Gasteiger partial charge is 0.277 e. The first-order valence-electron chi connectivity index (χ1n) is 3.39. The third-order valence-electron chi connectivity index (χ3n) is 1.42.